The molecule has 4 heteroatoms. The Morgan fingerprint density at radius 3 is 1.92 bits per heavy atom. The van der Waals surface area contributed by atoms with Crippen LogP contribution in [0.3, 0.4) is 0 Å². The molecule has 0 heterocycles. The molecule has 0 saturated heterocycles. The third-order valence-electron chi connectivity index (χ3n) is 1.72. The molecule has 0 aromatic carbocycles. The molecule has 0 aliphatic rings. The Labute approximate surface area is 80.3 Å². The van der Waals surface area contributed by atoms with Gasteiger partial charge in [0.25, 0.3) is 0 Å². The average Bonchev–Trinajstić information content (AvgIpc) is 1.98. The van der Waals surface area contributed by atoms with Crippen molar-refractivity contribution in [3.05, 3.63) is 0 Å². The molecule has 0 aromatic rings. The van der Waals surface area contributed by atoms with Crippen molar-refractivity contribution in [1.82, 2.24) is 4.90 Å². The van der Waals surface area contributed by atoms with Crippen LogP contribution in [0.15, 0.2) is 0 Å². The molecule has 0 fully saturated rings. The Hall–Kier alpha value is -0.160. The van der Waals surface area contributed by atoms with E-state index in [0.717, 1.165) is 13.0 Å². The third-order valence-corrected chi connectivity index (χ3v) is 1.72. The highest BCUT2D eigenvalue weighted by Gasteiger charge is 2.09. The van der Waals surface area contributed by atoms with Crippen LogP contribution in [-0.2, 0) is 0 Å². The van der Waals surface area contributed by atoms with E-state index in [-0.39, 0.29) is 12.2 Å². The zero-order chi connectivity index (χ0) is 10.3. The zero-order valence-corrected chi connectivity index (χ0v) is 8.61. The van der Waals surface area contributed by atoms with Crippen LogP contribution in [0.1, 0.15) is 20.3 Å². The SMILES string of the molecule is C[C@H](O)CN(CCCN)C[C@H](C)O. The number of nitrogens with zero attached hydrogens (tertiary/aromatic N) is 1. The number of aliphatic hydroxyl groups is 2. The molecule has 0 radical (unpaired) electrons. The Morgan fingerprint density at radius 2 is 1.62 bits per heavy atom. The van der Waals surface area contributed by atoms with Gasteiger partial charge in [0.1, 0.15) is 0 Å². The van der Waals surface area contributed by atoms with Gasteiger partial charge >= 0.3 is 0 Å². The second-order valence-corrected chi connectivity index (χ2v) is 3.60. The first-order valence-corrected chi connectivity index (χ1v) is 4.84. The lowest BCUT2D eigenvalue weighted by molar-refractivity contribution is 0.0833. The van der Waals surface area contributed by atoms with E-state index in [9.17, 15) is 10.2 Å². The molecule has 0 spiro atoms. The van der Waals surface area contributed by atoms with Gasteiger partial charge in [0.2, 0.25) is 0 Å². The molecule has 4 N–H and O–H groups in total. The van der Waals surface area contributed by atoms with Gasteiger partial charge in [-0.1, -0.05) is 0 Å². The maximum Gasteiger partial charge on any atom is 0.0639 e. The van der Waals surface area contributed by atoms with Crippen LogP contribution >= 0.6 is 0 Å². The van der Waals surface area contributed by atoms with Crippen molar-refractivity contribution < 1.29 is 10.2 Å². The number of hydrogen-bond donors (Lipinski definition) is 3. The minimum Gasteiger partial charge on any atom is -0.392 e. The summed E-state index contributed by atoms with van der Waals surface area (Å²) in [5.74, 6) is 0. The van der Waals surface area contributed by atoms with Gasteiger partial charge in [-0.15, -0.1) is 0 Å². The van der Waals surface area contributed by atoms with Gasteiger partial charge in [-0.2, -0.15) is 0 Å². The first-order chi connectivity index (χ1) is 6.06. The van der Waals surface area contributed by atoms with Crippen molar-refractivity contribution in [3.8, 4) is 0 Å². The van der Waals surface area contributed by atoms with Gasteiger partial charge in [0.05, 0.1) is 12.2 Å². The Bertz CT molecular complexity index is 108. The summed E-state index contributed by atoms with van der Waals surface area (Å²) >= 11 is 0. The summed E-state index contributed by atoms with van der Waals surface area (Å²) in [5, 5.41) is 18.4. The fourth-order valence-corrected chi connectivity index (χ4v) is 1.32. The van der Waals surface area contributed by atoms with Gasteiger partial charge in [0.15, 0.2) is 0 Å². The predicted octanol–water partition coefficient (Wildman–Crippen LogP) is -0.601. The van der Waals surface area contributed by atoms with E-state index < -0.39 is 0 Å². The first-order valence-electron chi connectivity index (χ1n) is 4.84. The van der Waals surface area contributed by atoms with Gasteiger partial charge in [-0.3, -0.25) is 4.90 Å². The van der Waals surface area contributed by atoms with Crippen molar-refractivity contribution in [3.63, 3.8) is 0 Å². The molecule has 4 nitrogen and oxygen atoms in total. The topological polar surface area (TPSA) is 69.7 Å². The minimum absolute atomic E-state index is 0.350. The number of aliphatic hydroxyl groups excluding tert-OH is 2. The summed E-state index contributed by atoms with van der Waals surface area (Å²) in [6, 6.07) is 0. The molecule has 2 atom stereocenters. The fourth-order valence-electron chi connectivity index (χ4n) is 1.32. The number of rotatable bonds is 7. The maximum atomic E-state index is 9.18. The lowest BCUT2D eigenvalue weighted by atomic mass is 10.3. The quantitative estimate of drug-likeness (QED) is 0.501. The van der Waals surface area contributed by atoms with Crippen LogP contribution in [0, 0.1) is 0 Å². The molecule has 0 rings (SSSR count). The number of hydrogen-bond acceptors (Lipinski definition) is 4. The molecule has 0 bridgehead atoms. The Morgan fingerprint density at radius 1 is 1.15 bits per heavy atom. The molecule has 0 aromatic heterocycles. The van der Waals surface area contributed by atoms with Gasteiger partial charge in [0, 0.05) is 13.1 Å². The largest absolute Gasteiger partial charge is 0.392 e. The van der Waals surface area contributed by atoms with E-state index in [2.05, 4.69) is 0 Å². The predicted molar refractivity (Wildman–Crippen MR) is 53.5 cm³/mol. The van der Waals surface area contributed by atoms with Crippen molar-refractivity contribution >= 4 is 0 Å². The van der Waals surface area contributed by atoms with Gasteiger partial charge in [-0.25, -0.2) is 0 Å². The van der Waals surface area contributed by atoms with Crippen molar-refractivity contribution in [2.24, 2.45) is 5.73 Å². The molecule has 0 aliphatic carbocycles. The summed E-state index contributed by atoms with van der Waals surface area (Å²) in [6.07, 6.45) is 0.201. The second kappa shape index (κ2) is 7.26. The second-order valence-electron chi connectivity index (χ2n) is 3.60. The molecule has 0 saturated carbocycles. The van der Waals surface area contributed by atoms with Crippen LogP contribution in [0.5, 0.6) is 0 Å². The smallest absolute Gasteiger partial charge is 0.0639 e. The molecular formula is C9H22N2O2. The van der Waals surface area contributed by atoms with Crippen LogP contribution in [0.4, 0.5) is 0 Å². The summed E-state index contributed by atoms with van der Waals surface area (Å²) in [6.45, 7) is 6.19. The van der Waals surface area contributed by atoms with E-state index in [1.807, 2.05) is 4.90 Å². The van der Waals surface area contributed by atoms with E-state index >= 15 is 0 Å². The maximum absolute atomic E-state index is 9.18. The lowest BCUT2D eigenvalue weighted by Crippen LogP contribution is -2.37. The lowest BCUT2D eigenvalue weighted by Gasteiger charge is -2.24. The van der Waals surface area contributed by atoms with E-state index in [1.165, 1.54) is 0 Å². The Kier molecular flexibility index (Phi) is 7.17. The molecule has 0 amide bonds. The van der Waals surface area contributed by atoms with Crippen molar-refractivity contribution in [1.29, 1.82) is 0 Å². The molecule has 0 aliphatic heterocycles. The Balaban J connectivity index is 3.73. The minimum atomic E-state index is -0.350. The van der Waals surface area contributed by atoms with Crippen molar-refractivity contribution in [2.75, 3.05) is 26.2 Å². The van der Waals surface area contributed by atoms with E-state index in [0.29, 0.717) is 19.6 Å². The third kappa shape index (κ3) is 8.18. The summed E-state index contributed by atoms with van der Waals surface area (Å²) < 4.78 is 0. The van der Waals surface area contributed by atoms with Crippen molar-refractivity contribution in [2.45, 2.75) is 32.5 Å². The summed E-state index contributed by atoms with van der Waals surface area (Å²) in [7, 11) is 0. The van der Waals surface area contributed by atoms with Crippen LogP contribution < -0.4 is 5.73 Å². The van der Waals surface area contributed by atoms with E-state index in [4.69, 9.17) is 5.73 Å². The van der Waals surface area contributed by atoms with Crippen LogP contribution in [0.25, 0.3) is 0 Å². The summed E-state index contributed by atoms with van der Waals surface area (Å²) in [4.78, 5) is 2.03. The molecular weight excluding hydrogens is 168 g/mol. The molecule has 0 unspecified atom stereocenters. The fraction of sp³-hybridized carbons (Fsp3) is 1.00. The average molecular weight is 190 g/mol. The highest BCUT2D eigenvalue weighted by Crippen LogP contribution is 1.96. The zero-order valence-electron chi connectivity index (χ0n) is 8.61. The highest BCUT2D eigenvalue weighted by molar-refractivity contribution is 4.64. The molecule has 80 valence electrons. The highest BCUT2D eigenvalue weighted by atomic mass is 16.3. The van der Waals surface area contributed by atoms with Crippen LogP contribution in [0.2, 0.25) is 0 Å². The van der Waals surface area contributed by atoms with Gasteiger partial charge in [-0.05, 0) is 33.4 Å². The number of nitrogens with two attached hydrogens (primary N) is 1. The molecule has 13 heavy (non-hydrogen) atoms. The van der Waals surface area contributed by atoms with Crippen LogP contribution in [-0.4, -0.2) is 53.5 Å². The standard InChI is InChI=1S/C9H22N2O2/c1-8(12)6-11(5-3-4-10)7-9(2)13/h8-9,12-13H,3-7,10H2,1-2H3/t8-,9-/m0/s1. The van der Waals surface area contributed by atoms with Gasteiger partial charge < -0.3 is 15.9 Å². The summed E-state index contributed by atoms with van der Waals surface area (Å²) in [5.41, 5.74) is 5.39. The van der Waals surface area contributed by atoms with E-state index in [1.54, 1.807) is 13.8 Å². The monoisotopic (exact) mass is 190 g/mol. The first kappa shape index (κ1) is 12.8. The normalized spacial score (nSPS) is 16.2.